The Morgan fingerprint density at radius 2 is 1.91 bits per heavy atom. The quantitative estimate of drug-likeness (QED) is 0.771. The van der Waals surface area contributed by atoms with E-state index in [9.17, 15) is 13.2 Å². The molecule has 5 nitrogen and oxygen atoms in total. The number of fused-ring (bicyclic) bond motifs is 1. The van der Waals surface area contributed by atoms with Gasteiger partial charge in [0.1, 0.15) is 6.61 Å². The molecule has 3 rings (SSSR count). The molecular weight excluding hydrogens is 302 g/mol. The molecule has 1 aliphatic heterocycles. The van der Waals surface area contributed by atoms with Crippen LogP contribution in [0.1, 0.15) is 11.1 Å². The van der Waals surface area contributed by atoms with Gasteiger partial charge in [-0.1, -0.05) is 30.3 Å². The fourth-order valence-corrected chi connectivity index (χ4v) is 4.07. The largest absolute Gasteiger partial charge is 0.461 e. The number of carbonyl (C=O) groups excluding carboxylic acids is 1. The third-order valence-electron chi connectivity index (χ3n) is 4.13. The van der Waals surface area contributed by atoms with Crippen LogP contribution in [0, 0.1) is 0 Å². The van der Waals surface area contributed by atoms with Crippen LogP contribution in [-0.4, -0.2) is 57.0 Å². The van der Waals surface area contributed by atoms with E-state index in [1.54, 1.807) is 0 Å². The van der Waals surface area contributed by atoms with E-state index in [-0.39, 0.29) is 17.5 Å². The first-order chi connectivity index (χ1) is 10.6. The van der Waals surface area contributed by atoms with Gasteiger partial charge >= 0.3 is 5.97 Å². The Hall–Kier alpha value is -1.66. The zero-order valence-corrected chi connectivity index (χ0v) is 13.1. The Balaban J connectivity index is 1.48. The summed E-state index contributed by atoms with van der Waals surface area (Å²) in [6.45, 7) is 1.91. The Bertz CT molecular complexity index is 695. The molecule has 0 amide bonds. The van der Waals surface area contributed by atoms with Gasteiger partial charge in [-0.25, -0.2) is 13.2 Å². The second-order valence-corrected chi connectivity index (χ2v) is 7.91. The minimum absolute atomic E-state index is 0.194. The van der Waals surface area contributed by atoms with E-state index in [1.807, 2.05) is 35.2 Å². The van der Waals surface area contributed by atoms with Crippen molar-refractivity contribution in [3.8, 4) is 0 Å². The number of sulfone groups is 1. The van der Waals surface area contributed by atoms with Crippen LogP contribution >= 0.6 is 0 Å². The van der Waals surface area contributed by atoms with Gasteiger partial charge in [-0.15, -0.1) is 0 Å². The molecule has 1 aromatic carbocycles. The lowest BCUT2D eigenvalue weighted by Crippen LogP contribution is -2.41. The Morgan fingerprint density at radius 1 is 1.18 bits per heavy atom. The summed E-state index contributed by atoms with van der Waals surface area (Å²) in [5.74, 6) is 0.0912. The molecule has 22 heavy (non-hydrogen) atoms. The van der Waals surface area contributed by atoms with Crippen LogP contribution in [0.25, 0.3) is 5.57 Å². The maximum absolute atomic E-state index is 12.1. The van der Waals surface area contributed by atoms with Crippen molar-refractivity contribution in [1.82, 2.24) is 4.90 Å². The molecule has 1 heterocycles. The predicted octanol–water partition coefficient (Wildman–Crippen LogP) is 0.900. The Labute approximate surface area is 130 Å². The van der Waals surface area contributed by atoms with Gasteiger partial charge in [0, 0.05) is 19.6 Å². The molecule has 0 radical (unpaired) electrons. The number of hydrogen-bond donors (Lipinski definition) is 0. The van der Waals surface area contributed by atoms with Crippen LogP contribution in [0.5, 0.6) is 0 Å². The number of benzene rings is 1. The second-order valence-electron chi connectivity index (χ2n) is 5.61. The summed E-state index contributed by atoms with van der Waals surface area (Å²) >= 11 is 0. The molecule has 0 aromatic heterocycles. The highest BCUT2D eigenvalue weighted by molar-refractivity contribution is 7.91. The highest BCUT2D eigenvalue weighted by atomic mass is 32.2. The summed E-state index contributed by atoms with van der Waals surface area (Å²) in [4.78, 5) is 14.2. The number of carbonyl (C=O) groups is 1. The van der Waals surface area contributed by atoms with Crippen molar-refractivity contribution >= 4 is 21.4 Å². The van der Waals surface area contributed by atoms with Gasteiger partial charge in [-0.3, -0.25) is 4.90 Å². The molecule has 118 valence electrons. The molecule has 1 fully saturated rings. The SMILES string of the molecule is O=C(OCCN1CCS(=O)(=O)CC1)C1=CCc2ccccc21. The number of allylic oxidation sites excluding steroid dienone is 1. The van der Waals surface area contributed by atoms with Crippen molar-refractivity contribution in [3.05, 3.63) is 41.5 Å². The van der Waals surface area contributed by atoms with Gasteiger partial charge in [0.05, 0.1) is 17.1 Å². The third kappa shape index (κ3) is 3.39. The maximum atomic E-state index is 12.1. The maximum Gasteiger partial charge on any atom is 0.338 e. The Kier molecular flexibility index (Phi) is 4.31. The highest BCUT2D eigenvalue weighted by Crippen LogP contribution is 2.27. The van der Waals surface area contributed by atoms with E-state index in [0.29, 0.717) is 31.8 Å². The molecule has 1 aliphatic carbocycles. The van der Waals surface area contributed by atoms with E-state index < -0.39 is 9.84 Å². The molecule has 6 heteroatoms. The fourth-order valence-electron chi connectivity index (χ4n) is 2.80. The zero-order chi connectivity index (χ0) is 15.6. The molecule has 1 saturated heterocycles. The van der Waals surface area contributed by atoms with Gasteiger partial charge in [0.2, 0.25) is 0 Å². The molecule has 0 bridgehead atoms. The van der Waals surface area contributed by atoms with Crippen LogP contribution in [-0.2, 0) is 25.8 Å². The van der Waals surface area contributed by atoms with Crippen molar-refractivity contribution < 1.29 is 17.9 Å². The summed E-state index contributed by atoms with van der Waals surface area (Å²) in [5.41, 5.74) is 2.74. The minimum Gasteiger partial charge on any atom is -0.461 e. The van der Waals surface area contributed by atoms with Crippen molar-refractivity contribution in [2.75, 3.05) is 37.7 Å². The van der Waals surface area contributed by atoms with E-state index in [4.69, 9.17) is 4.74 Å². The third-order valence-corrected chi connectivity index (χ3v) is 5.74. The summed E-state index contributed by atoms with van der Waals surface area (Å²) in [6, 6.07) is 7.83. The number of esters is 1. The smallest absolute Gasteiger partial charge is 0.338 e. The van der Waals surface area contributed by atoms with Gasteiger partial charge < -0.3 is 4.74 Å². The van der Waals surface area contributed by atoms with E-state index >= 15 is 0 Å². The minimum atomic E-state index is -2.86. The highest BCUT2D eigenvalue weighted by Gasteiger charge is 2.23. The summed E-state index contributed by atoms with van der Waals surface area (Å²) in [6.07, 6.45) is 2.67. The van der Waals surface area contributed by atoms with Gasteiger partial charge in [0.15, 0.2) is 9.84 Å². The summed E-state index contributed by atoms with van der Waals surface area (Å²) < 4.78 is 28.0. The lowest BCUT2D eigenvalue weighted by molar-refractivity contribution is -0.137. The molecule has 1 aromatic rings. The number of rotatable bonds is 4. The summed E-state index contributed by atoms with van der Waals surface area (Å²) in [5, 5.41) is 0. The molecule has 0 spiro atoms. The van der Waals surface area contributed by atoms with Crippen molar-refractivity contribution in [2.24, 2.45) is 0 Å². The molecule has 0 unspecified atom stereocenters. The fraction of sp³-hybridized carbons (Fsp3) is 0.438. The molecule has 0 atom stereocenters. The van der Waals surface area contributed by atoms with Crippen LogP contribution in [0.3, 0.4) is 0 Å². The van der Waals surface area contributed by atoms with Gasteiger partial charge in [-0.2, -0.15) is 0 Å². The lowest BCUT2D eigenvalue weighted by Gasteiger charge is -2.26. The van der Waals surface area contributed by atoms with Crippen LogP contribution in [0.4, 0.5) is 0 Å². The normalized spacial score (nSPS) is 20.3. The van der Waals surface area contributed by atoms with Crippen LogP contribution in [0.2, 0.25) is 0 Å². The topological polar surface area (TPSA) is 63.7 Å². The van der Waals surface area contributed by atoms with Crippen molar-refractivity contribution in [3.63, 3.8) is 0 Å². The second kappa shape index (κ2) is 6.22. The van der Waals surface area contributed by atoms with Crippen LogP contribution in [0.15, 0.2) is 30.3 Å². The number of ether oxygens (including phenoxy) is 1. The number of hydrogen-bond acceptors (Lipinski definition) is 5. The summed E-state index contributed by atoms with van der Waals surface area (Å²) in [7, 11) is -2.86. The molecule has 0 saturated carbocycles. The van der Waals surface area contributed by atoms with Crippen LogP contribution < -0.4 is 0 Å². The van der Waals surface area contributed by atoms with Gasteiger partial charge in [0.25, 0.3) is 0 Å². The van der Waals surface area contributed by atoms with Crippen molar-refractivity contribution in [1.29, 1.82) is 0 Å². The monoisotopic (exact) mass is 321 g/mol. The molecule has 2 aliphatic rings. The van der Waals surface area contributed by atoms with Crippen molar-refractivity contribution in [2.45, 2.75) is 6.42 Å². The average Bonchev–Trinajstić information content (AvgIpc) is 2.93. The van der Waals surface area contributed by atoms with Gasteiger partial charge in [-0.05, 0) is 17.5 Å². The standard InChI is InChI=1S/C16H19NO4S/c18-16(15-6-5-13-3-1-2-4-14(13)15)21-10-7-17-8-11-22(19,20)12-9-17/h1-4,6H,5,7-12H2. The average molecular weight is 321 g/mol. The first kappa shape index (κ1) is 15.2. The molecule has 0 N–H and O–H groups in total. The zero-order valence-electron chi connectivity index (χ0n) is 12.3. The lowest BCUT2D eigenvalue weighted by atomic mass is 10.1. The van der Waals surface area contributed by atoms with E-state index in [0.717, 1.165) is 17.5 Å². The van der Waals surface area contributed by atoms with E-state index in [2.05, 4.69) is 0 Å². The predicted molar refractivity (Wildman–Crippen MR) is 84.2 cm³/mol. The Morgan fingerprint density at radius 3 is 2.68 bits per heavy atom. The first-order valence-corrected chi connectivity index (χ1v) is 9.26. The first-order valence-electron chi connectivity index (χ1n) is 7.43. The number of nitrogens with zero attached hydrogens (tertiary/aromatic N) is 1. The molecular formula is C16H19NO4S. The van der Waals surface area contributed by atoms with E-state index in [1.165, 1.54) is 0 Å².